The van der Waals surface area contributed by atoms with E-state index in [0.29, 0.717) is 24.2 Å². The van der Waals surface area contributed by atoms with Crippen molar-refractivity contribution in [3.8, 4) is 0 Å². The first-order valence-electron chi connectivity index (χ1n) is 6.71. The Kier molecular flexibility index (Phi) is 4.68. The fourth-order valence-electron chi connectivity index (χ4n) is 1.99. The average molecular weight is 259 g/mol. The summed E-state index contributed by atoms with van der Waals surface area (Å²) in [7, 11) is 0. The Bertz CT molecular complexity index is 502. The van der Waals surface area contributed by atoms with Crippen molar-refractivity contribution in [2.75, 3.05) is 0 Å². The summed E-state index contributed by atoms with van der Waals surface area (Å²) in [6.45, 7) is 7.71. The molecule has 0 aliphatic rings. The van der Waals surface area contributed by atoms with Crippen LogP contribution in [0.25, 0.3) is 0 Å². The molecule has 0 amide bonds. The van der Waals surface area contributed by atoms with Crippen LogP contribution < -0.4 is 5.32 Å². The molecule has 0 radical (unpaired) electrons. The van der Waals surface area contributed by atoms with Gasteiger partial charge in [0, 0.05) is 6.54 Å². The average Bonchev–Trinajstić information content (AvgIpc) is 2.77. The molecule has 0 aliphatic heterocycles. The SMILES string of the molecule is Cc1noc(CNCc2ccc(CC(C)C)cc2)n1. The number of rotatable bonds is 6. The van der Waals surface area contributed by atoms with Crippen molar-refractivity contribution in [1.82, 2.24) is 15.5 Å². The van der Waals surface area contributed by atoms with Crippen LogP contribution in [0.4, 0.5) is 0 Å². The van der Waals surface area contributed by atoms with Crippen LogP contribution in [0.5, 0.6) is 0 Å². The fraction of sp³-hybridized carbons (Fsp3) is 0.467. The molecular formula is C15H21N3O. The van der Waals surface area contributed by atoms with Gasteiger partial charge < -0.3 is 9.84 Å². The minimum atomic E-state index is 0.606. The van der Waals surface area contributed by atoms with Gasteiger partial charge in [-0.3, -0.25) is 0 Å². The van der Waals surface area contributed by atoms with Gasteiger partial charge in [0.15, 0.2) is 5.82 Å². The summed E-state index contributed by atoms with van der Waals surface area (Å²) < 4.78 is 5.04. The lowest BCUT2D eigenvalue weighted by molar-refractivity contribution is 0.364. The Morgan fingerprint density at radius 1 is 1.11 bits per heavy atom. The lowest BCUT2D eigenvalue weighted by Crippen LogP contribution is -2.13. The first kappa shape index (κ1) is 13.7. The minimum absolute atomic E-state index is 0.606. The topological polar surface area (TPSA) is 51.0 Å². The first-order chi connectivity index (χ1) is 9.13. The monoisotopic (exact) mass is 259 g/mol. The van der Waals surface area contributed by atoms with Gasteiger partial charge in [-0.05, 0) is 30.4 Å². The molecule has 1 aromatic carbocycles. The van der Waals surface area contributed by atoms with Gasteiger partial charge in [-0.2, -0.15) is 4.98 Å². The highest BCUT2D eigenvalue weighted by molar-refractivity contribution is 5.22. The molecule has 0 unspecified atom stereocenters. The van der Waals surface area contributed by atoms with Crippen LogP contribution >= 0.6 is 0 Å². The van der Waals surface area contributed by atoms with Gasteiger partial charge in [-0.15, -0.1) is 0 Å². The Labute approximate surface area is 114 Å². The highest BCUT2D eigenvalue weighted by Crippen LogP contribution is 2.09. The van der Waals surface area contributed by atoms with E-state index in [1.54, 1.807) is 0 Å². The number of aromatic nitrogens is 2. The summed E-state index contributed by atoms with van der Waals surface area (Å²) in [5, 5.41) is 7.05. The molecule has 2 rings (SSSR count). The highest BCUT2D eigenvalue weighted by Gasteiger charge is 2.02. The second-order valence-corrected chi connectivity index (χ2v) is 5.25. The zero-order valence-electron chi connectivity index (χ0n) is 11.8. The number of benzene rings is 1. The van der Waals surface area contributed by atoms with E-state index in [1.165, 1.54) is 11.1 Å². The molecule has 0 fully saturated rings. The first-order valence-corrected chi connectivity index (χ1v) is 6.71. The molecule has 2 aromatic rings. The van der Waals surface area contributed by atoms with Crippen molar-refractivity contribution in [3.63, 3.8) is 0 Å². The zero-order valence-corrected chi connectivity index (χ0v) is 11.8. The molecule has 0 bridgehead atoms. The summed E-state index contributed by atoms with van der Waals surface area (Å²) in [6, 6.07) is 8.75. The van der Waals surface area contributed by atoms with Crippen LogP contribution in [0, 0.1) is 12.8 Å². The van der Waals surface area contributed by atoms with E-state index in [1.807, 2.05) is 6.92 Å². The minimum Gasteiger partial charge on any atom is -0.338 e. The third-order valence-corrected chi connectivity index (χ3v) is 2.84. The van der Waals surface area contributed by atoms with Gasteiger partial charge in [0.1, 0.15) is 0 Å². The van der Waals surface area contributed by atoms with Crippen molar-refractivity contribution in [1.29, 1.82) is 0 Å². The maximum Gasteiger partial charge on any atom is 0.240 e. The van der Waals surface area contributed by atoms with E-state index in [2.05, 4.69) is 53.6 Å². The molecule has 0 saturated heterocycles. The summed E-state index contributed by atoms with van der Waals surface area (Å²) in [6.07, 6.45) is 1.13. The molecule has 1 aromatic heterocycles. The third kappa shape index (κ3) is 4.48. The number of hydrogen-bond acceptors (Lipinski definition) is 4. The predicted octanol–water partition coefficient (Wildman–Crippen LogP) is 2.87. The molecule has 4 nitrogen and oxygen atoms in total. The summed E-state index contributed by atoms with van der Waals surface area (Å²) in [5.41, 5.74) is 2.66. The summed E-state index contributed by atoms with van der Waals surface area (Å²) in [4.78, 5) is 4.15. The standard InChI is InChI=1S/C15H21N3O/c1-11(2)8-13-4-6-14(7-5-13)9-16-10-15-17-12(3)18-19-15/h4-7,11,16H,8-10H2,1-3H3. The number of nitrogens with zero attached hydrogens (tertiary/aromatic N) is 2. The van der Waals surface area contributed by atoms with Crippen molar-refractivity contribution in [3.05, 3.63) is 47.1 Å². The molecule has 1 N–H and O–H groups in total. The van der Waals surface area contributed by atoms with Crippen LogP contribution in [0.15, 0.2) is 28.8 Å². The third-order valence-electron chi connectivity index (χ3n) is 2.84. The molecule has 0 saturated carbocycles. The van der Waals surface area contributed by atoms with E-state index in [-0.39, 0.29) is 0 Å². The zero-order chi connectivity index (χ0) is 13.7. The second kappa shape index (κ2) is 6.48. The Morgan fingerprint density at radius 2 is 1.79 bits per heavy atom. The van der Waals surface area contributed by atoms with E-state index >= 15 is 0 Å². The predicted molar refractivity (Wildman–Crippen MR) is 74.6 cm³/mol. The summed E-state index contributed by atoms with van der Waals surface area (Å²) >= 11 is 0. The van der Waals surface area contributed by atoms with E-state index in [9.17, 15) is 0 Å². The van der Waals surface area contributed by atoms with Gasteiger partial charge in [-0.1, -0.05) is 43.3 Å². The molecule has 0 spiro atoms. The van der Waals surface area contributed by atoms with Crippen molar-refractivity contribution >= 4 is 0 Å². The van der Waals surface area contributed by atoms with Crippen LogP contribution in [0.3, 0.4) is 0 Å². The van der Waals surface area contributed by atoms with Crippen LogP contribution in [-0.4, -0.2) is 10.1 Å². The van der Waals surface area contributed by atoms with E-state index < -0.39 is 0 Å². The van der Waals surface area contributed by atoms with Crippen molar-refractivity contribution in [2.45, 2.75) is 40.3 Å². The quantitative estimate of drug-likeness (QED) is 0.866. The maximum atomic E-state index is 5.04. The smallest absolute Gasteiger partial charge is 0.240 e. The molecule has 0 aliphatic carbocycles. The van der Waals surface area contributed by atoms with Gasteiger partial charge in [0.25, 0.3) is 0 Å². The second-order valence-electron chi connectivity index (χ2n) is 5.25. The molecular weight excluding hydrogens is 238 g/mol. The number of aryl methyl sites for hydroxylation is 1. The van der Waals surface area contributed by atoms with E-state index in [0.717, 1.165) is 13.0 Å². The van der Waals surface area contributed by atoms with E-state index in [4.69, 9.17) is 4.52 Å². The fourth-order valence-corrected chi connectivity index (χ4v) is 1.99. The summed E-state index contributed by atoms with van der Waals surface area (Å²) in [5.74, 6) is 2.01. The van der Waals surface area contributed by atoms with Gasteiger partial charge in [0.05, 0.1) is 6.54 Å². The largest absolute Gasteiger partial charge is 0.338 e. The normalized spacial score (nSPS) is 11.2. The Morgan fingerprint density at radius 3 is 2.37 bits per heavy atom. The number of hydrogen-bond donors (Lipinski definition) is 1. The molecule has 4 heteroatoms. The van der Waals surface area contributed by atoms with Gasteiger partial charge >= 0.3 is 0 Å². The Balaban J connectivity index is 1.79. The van der Waals surface area contributed by atoms with Crippen LogP contribution in [0.1, 0.15) is 36.7 Å². The molecule has 0 atom stereocenters. The Hall–Kier alpha value is -1.68. The molecule has 102 valence electrons. The van der Waals surface area contributed by atoms with Gasteiger partial charge in [-0.25, -0.2) is 0 Å². The highest BCUT2D eigenvalue weighted by atomic mass is 16.5. The van der Waals surface area contributed by atoms with Crippen LogP contribution in [-0.2, 0) is 19.5 Å². The van der Waals surface area contributed by atoms with Crippen molar-refractivity contribution in [2.24, 2.45) is 5.92 Å². The maximum absolute atomic E-state index is 5.04. The van der Waals surface area contributed by atoms with Crippen LogP contribution in [0.2, 0.25) is 0 Å². The molecule has 1 heterocycles. The number of nitrogens with one attached hydrogen (secondary N) is 1. The molecule has 19 heavy (non-hydrogen) atoms. The lowest BCUT2D eigenvalue weighted by atomic mass is 10.0. The van der Waals surface area contributed by atoms with Gasteiger partial charge in [0.2, 0.25) is 5.89 Å². The van der Waals surface area contributed by atoms with Crippen molar-refractivity contribution < 1.29 is 4.52 Å². The lowest BCUT2D eigenvalue weighted by Gasteiger charge is -2.06.